The van der Waals surface area contributed by atoms with Crippen LogP contribution in [-0.2, 0) is 4.79 Å². The molecule has 34 heavy (non-hydrogen) atoms. The van der Waals surface area contributed by atoms with Gasteiger partial charge in [-0.15, -0.1) is 0 Å². The van der Waals surface area contributed by atoms with Gasteiger partial charge in [-0.1, -0.05) is 24.6 Å². The number of fused-ring (bicyclic) bond motifs is 1. The Kier molecular flexibility index (Phi) is 6.88. The van der Waals surface area contributed by atoms with Gasteiger partial charge in [0.15, 0.2) is 5.60 Å². The van der Waals surface area contributed by atoms with E-state index in [4.69, 9.17) is 22.1 Å². The van der Waals surface area contributed by atoms with Gasteiger partial charge in [-0.3, -0.25) is 9.59 Å². The van der Waals surface area contributed by atoms with Gasteiger partial charge in [0, 0.05) is 18.8 Å². The van der Waals surface area contributed by atoms with Crippen LogP contribution in [-0.4, -0.2) is 45.4 Å². The summed E-state index contributed by atoms with van der Waals surface area (Å²) in [6.07, 6.45) is 5.02. The number of nitrogens with two attached hydrogens (primary N) is 1. The highest BCUT2D eigenvalue weighted by atomic mass is 35.5. The quantitative estimate of drug-likeness (QED) is 0.506. The fourth-order valence-corrected chi connectivity index (χ4v) is 4.23. The van der Waals surface area contributed by atoms with Gasteiger partial charge in [0.1, 0.15) is 17.9 Å². The fourth-order valence-electron chi connectivity index (χ4n) is 3.97. The fraction of sp³-hybridized carbons (Fsp3) is 0.360. The molecule has 0 unspecified atom stereocenters. The van der Waals surface area contributed by atoms with E-state index in [0.29, 0.717) is 45.2 Å². The van der Waals surface area contributed by atoms with Crippen molar-refractivity contribution >= 4 is 45.8 Å². The van der Waals surface area contributed by atoms with Crippen molar-refractivity contribution in [3.05, 3.63) is 53.3 Å². The summed E-state index contributed by atoms with van der Waals surface area (Å²) < 4.78 is 6.07. The molecule has 0 saturated carbocycles. The van der Waals surface area contributed by atoms with E-state index in [9.17, 15) is 9.59 Å². The molecule has 1 aromatic heterocycles. The number of ether oxygens (including phenoxy) is 1. The number of primary amides is 1. The van der Waals surface area contributed by atoms with Crippen molar-refractivity contribution in [2.75, 3.05) is 18.4 Å². The first-order valence-corrected chi connectivity index (χ1v) is 11.8. The maximum Gasteiger partial charge on any atom is 0.261 e. The van der Waals surface area contributed by atoms with Crippen LogP contribution in [0.25, 0.3) is 10.9 Å². The number of aromatic nitrogens is 2. The number of amides is 2. The van der Waals surface area contributed by atoms with E-state index < -0.39 is 11.5 Å². The van der Waals surface area contributed by atoms with E-state index in [0.717, 1.165) is 32.4 Å². The van der Waals surface area contributed by atoms with E-state index in [-0.39, 0.29) is 5.91 Å². The highest BCUT2D eigenvalue weighted by molar-refractivity contribution is 6.34. The van der Waals surface area contributed by atoms with E-state index in [2.05, 4.69) is 15.3 Å². The van der Waals surface area contributed by atoms with Crippen LogP contribution in [0.1, 0.15) is 49.9 Å². The number of piperidine rings is 1. The molecule has 0 bridgehead atoms. The third-order valence-electron chi connectivity index (χ3n) is 6.26. The molecular formula is C25H28ClN5O3. The summed E-state index contributed by atoms with van der Waals surface area (Å²) in [5.41, 5.74) is 6.18. The highest BCUT2D eigenvalue weighted by Crippen LogP contribution is 2.35. The molecule has 2 heterocycles. The average molecular weight is 482 g/mol. The summed E-state index contributed by atoms with van der Waals surface area (Å²) in [5, 5.41) is 4.22. The second-order valence-corrected chi connectivity index (χ2v) is 9.00. The summed E-state index contributed by atoms with van der Waals surface area (Å²) in [7, 11) is 0. The molecule has 0 spiro atoms. The molecule has 0 radical (unpaired) electrons. The minimum absolute atomic E-state index is 0.0512. The lowest BCUT2D eigenvalue weighted by Gasteiger charge is -2.27. The third-order valence-corrected chi connectivity index (χ3v) is 6.57. The first-order chi connectivity index (χ1) is 16.3. The van der Waals surface area contributed by atoms with Crippen molar-refractivity contribution < 1.29 is 14.3 Å². The number of halogens is 1. The van der Waals surface area contributed by atoms with Gasteiger partial charge < -0.3 is 20.7 Å². The monoisotopic (exact) mass is 481 g/mol. The molecule has 1 fully saturated rings. The number of carbonyl (C=O) groups is 2. The van der Waals surface area contributed by atoms with Crippen LogP contribution in [0.3, 0.4) is 0 Å². The Balaban J connectivity index is 1.65. The molecule has 9 heteroatoms. The van der Waals surface area contributed by atoms with Gasteiger partial charge in [-0.2, -0.15) is 0 Å². The topological polar surface area (TPSA) is 110 Å². The van der Waals surface area contributed by atoms with Gasteiger partial charge in [0.25, 0.3) is 11.8 Å². The SMILES string of the molecule is CC[C@@](C)(Oc1cccc2ncnc(Nc3ccc(C(=O)N4CCCCC4)c(Cl)c3)c12)C(N)=O. The van der Waals surface area contributed by atoms with Gasteiger partial charge in [0.2, 0.25) is 0 Å². The first kappa shape index (κ1) is 23.8. The number of benzene rings is 2. The predicted molar refractivity (Wildman–Crippen MR) is 133 cm³/mol. The van der Waals surface area contributed by atoms with Gasteiger partial charge >= 0.3 is 0 Å². The summed E-state index contributed by atoms with van der Waals surface area (Å²) in [6.45, 7) is 5.00. The Morgan fingerprint density at radius 1 is 1.18 bits per heavy atom. The molecule has 2 amide bonds. The van der Waals surface area contributed by atoms with Crippen LogP contribution >= 0.6 is 11.6 Å². The number of likely N-dealkylation sites (tertiary alicyclic amines) is 1. The lowest BCUT2D eigenvalue weighted by Crippen LogP contribution is -2.45. The molecular weight excluding hydrogens is 454 g/mol. The summed E-state index contributed by atoms with van der Waals surface area (Å²) in [6, 6.07) is 10.6. The number of hydrogen-bond acceptors (Lipinski definition) is 6. The number of nitrogens with one attached hydrogen (secondary N) is 1. The minimum Gasteiger partial charge on any atom is -0.477 e. The zero-order valence-electron chi connectivity index (χ0n) is 19.3. The lowest BCUT2D eigenvalue weighted by atomic mass is 10.0. The molecule has 1 saturated heterocycles. The van der Waals surface area contributed by atoms with Gasteiger partial charge in [-0.05, 0) is 62.9 Å². The molecule has 3 aromatic rings. The molecule has 1 aliphatic rings. The van der Waals surface area contributed by atoms with Crippen LogP contribution in [0.15, 0.2) is 42.7 Å². The maximum absolute atomic E-state index is 12.9. The van der Waals surface area contributed by atoms with E-state index in [1.54, 1.807) is 37.3 Å². The highest BCUT2D eigenvalue weighted by Gasteiger charge is 2.32. The van der Waals surface area contributed by atoms with Crippen LogP contribution in [0.5, 0.6) is 5.75 Å². The average Bonchev–Trinajstić information content (AvgIpc) is 2.84. The van der Waals surface area contributed by atoms with Crippen LogP contribution in [0.2, 0.25) is 5.02 Å². The van der Waals surface area contributed by atoms with Crippen molar-refractivity contribution in [2.45, 2.75) is 45.1 Å². The molecule has 178 valence electrons. The Bertz CT molecular complexity index is 1220. The molecule has 3 N–H and O–H groups in total. The maximum atomic E-state index is 12.9. The van der Waals surface area contributed by atoms with Crippen molar-refractivity contribution in [2.24, 2.45) is 5.73 Å². The van der Waals surface area contributed by atoms with E-state index >= 15 is 0 Å². The van der Waals surface area contributed by atoms with Gasteiger partial charge in [0.05, 0.1) is 21.5 Å². The van der Waals surface area contributed by atoms with Gasteiger partial charge in [-0.25, -0.2) is 9.97 Å². The second kappa shape index (κ2) is 9.85. The molecule has 2 aromatic carbocycles. The number of carbonyl (C=O) groups excluding carboxylic acids is 2. The summed E-state index contributed by atoms with van der Waals surface area (Å²) in [4.78, 5) is 35.4. The minimum atomic E-state index is -1.18. The van der Waals surface area contributed by atoms with E-state index in [1.165, 1.54) is 6.33 Å². The number of anilines is 2. The standard InChI is InChI=1S/C25H28ClN5O3/c1-3-25(2,24(27)33)34-20-9-7-8-19-21(20)22(29-15-28-19)30-16-10-11-17(18(26)14-16)23(32)31-12-5-4-6-13-31/h7-11,14-15H,3-6,12-13H2,1-2H3,(H2,27,33)(H,28,29,30)/t25-/m1/s1. The zero-order chi connectivity index (χ0) is 24.3. The number of rotatable bonds is 7. The molecule has 1 aliphatic heterocycles. The number of nitrogens with zero attached hydrogens (tertiary/aromatic N) is 3. The van der Waals surface area contributed by atoms with Crippen molar-refractivity contribution in [1.82, 2.24) is 14.9 Å². The number of hydrogen-bond donors (Lipinski definition) is 2. The Morgan fingerprint density at radius 2 is 1.94 bits per heavy atom. The molecule has 8 nitrogen and oxygen atoms in total. The zero-order valence-corrected chi connectivity index (χ0v) is 20.1. The molecule has 1 atom stereocenters. The Hall–Kier alpha value is -3.39. The largest absolute Gasteiger partial charge is 0.477 e. The summed E-state index contributed by atoms with van der Waals surface area (Å²) >= 11 is 6.50. The van der Waals surface area contributed by atoms with Crippen molar-refractivity contribution in [3.63, 3.8) is 0 Å². The Morgan fingerprint density at radius 3 is 2.62 bits per heavy atom. The smallest absolute Gasteiger partial charge is 0.261 e. The normalized spacial score (nSPS) is 15.6. The van der Waals surface area contributed by atoms with Crippen LogP contribution in [0.4, 0.5) is 11.5 Å². The molecule has 4 rings (SSSR count). The first-order valence-electron chi connectivity index (χ1n) is 11.4. The summed E-state index contributed by atoms with van der Waals surface area (Å²) in [5.74, 6) is 0.310. The predicted octanol–water partition coefficient (Wildman–Crippen LogP) is 4.69. The third kappa shape index (κ3) is 4.77. The van der Waals surface area contributed by atoms with E-state index in [1.807, 2.05) is 17.9 Å². The van der Waals surface area contributed by atoms with Crippen molar-refractivity contribution in [3.8, 4) is 5.75 Å². The van der Waals surface area contributed by atoms with Crippen LogP contribution in [0, 0.1) is 0 Å². The second-order valence-electron chi connectivity index (χ2n) is 8.60. The molecule has 0 aliphatic carbocycles. The lowest BCUT2D eigenvalue weighted by molar-refractivity contribution is -0.132. The van der Waals surface area contributed by atoms with Crippen molar-refractivity contribution in [1.29, 1.82) is 0 Å². The van der Waals surface area contributed by atoms with Crippen LogP contribution < -0.4 is 15.8 Å². The Labute approximate surface area is 203 Å².